The van der Waals surface area contributed by atoms with Crippen molar-refractivity contribution < 1.29 is 28.5 Å². The van der Waals surface area contributed by atoms with Crippen molar-refractivity contribution in [2.45, 2.75) is 116 Å². The number of aromatic hydroxyl groups is 1. The van der Waals surface area contributed by atoms with Crippen LogP contribution < -0.4 is 18.3 Å². The molecule has 1 unspecified atom stereocenters. The Morgan fingerprint density at radius 3 is 1.87 bits per heavy atom. The van der Waals surface area contributed by atoms with E-state index in [2.05, 4.69) is 72.6 Å². The Bertz CT molecular complexity index is 1700. The first kappa shape index (κ1) is 39.9. The summed E-state index contributed by atoms with van der Waals surface area (Å²) in [6.45, 7) is 26.5. The van der Waals surface area contributed by atoms with Gasteiger partial charge in [-0.2, -0.15) is 0 Å². The molecule has 284 valence electrons. The third-order valence-corrected chi connectivity index (χ3v) is 20.4. The van der Waals surface area contributed by atoms with E-state index >= 15 is 0 Å². The van der Waals surface area contributed by atoms with Gasteiger partial charge in [-0.05, 0) is 128 Å². The van der Waals surface area contributed by atoms with Crippen molar-refractivity contribution in [3.63, 3.8) is 0 Å². The van der Waals surface area contributed by atoms with Gasteiger partial charge in [0.15, 0.2) is 0 Å². The average molecular weight is 746 g/mol. The fourth-order valence-electron chi connectivity index (χ4n) is 6.34. The zero-order chi connectivity index (χ0) is 37.9. The summed E-state index contributed by atoms with van der Waals surface area (Å²) in [6.07, 6.45) is 4.17. The number of fused-ring (bicyclic) bond motifs is 1. The first-order chi connectivity index (χ1) is 24.4. The lowest BCUT2D eigenvalue weighted by Crippen LogP contribution is -2.43. The molecule has 0 aromatic heterocycles. The molecule has 5 rings (SSSR count). The lowest BCUT2D eigenvalue weighted by Gasteiger charge is -2.36. The number of benzene rings is 3. The van der Waals surface area contributed by atoms with Crippen LogP contribution in [0.1, 0.15) is 96.4 Å². The third kappa shape index (κ3) is 9.45. The molecule has 0 radical (unpaired) electrons. The Kier molecular flexibility index (Phi) is 12.3. The van der Waals surface area contributed by atoms with Gasteiger partial charge in [-0.3, -0.25) is 4.90 Å². The Morgan fingerprint density at radius 2 is 1.29 bits per heavy atom. The molecule has 1 fully saturated rings. The van der Waals surface area contributed by atoms with Crippen LogP contribution in [0.25, 0.3) is 11.1 Å². The second-order valence-electron chi connectivity index (χ2n) is 17.6. The maximum absolute atomic E-state index is 12.3. The highest BCUT2D eigenvalue weighted by atomic mass is 28.4. The van der Waals surface area contributed by atoms with E-state index in [-0.39, 0.29) is 15.8 Å². The maximum Gasteiger partial charge on any atom is 0.250 e. The Labute approximate surface area is 315 Å². The Hall–Kier alpha value is -3.25. The molecule has 2 N–H and O–H groups in total. The first-order valence-corrected chi connectivity index (χ1v) is 25.0. The van der Waals surface area contributed by atoms with Crippen LogP contribution in [-0.2, 0) is 0 Å². The fraction of sp³-hybridized carbons (Fsp3) is 0.535. The number of ether oxygens (including phenoxy) is 2. The molecule has 0 amide bonds. The summed E-state index contributed by atoms with van der Waals surface area (Å²) in [5, 5.41) is 24.0. The van der Waals surface area contributed by atoms with Crippen molar-refractivity contribution in [3.8, 4) is 28.7 Å². The summed E-state index contributed by atoms with van der Waals surface area (Å²) in [5.41, 5.74) is 3.80. The summed E-state index contributed by atoms with van der Waals surface area (Å²) < 4.78 is 25.8. The zero-order valence-corrected chi connectivity index (χ0v) is 35.4. The number of phenols is 1. The molecule has 0 saturated carbocycles. The highest BCUT2D eigenvalue weighted by Gasteiger charge is 2.40. The van der Waals surface area contributed by atoms with Crippen LogP contribution in [0.2, 0.25) is 36.3 Å². The van der Waals surface area contributed by atoms with E-state index in [4.69, 9.17) is 18.3 Å². The molecule has 2 heterocycles. The molecule has 0 spiro atoms. The number of aliphatic hydroxyl groups is 1. The number of allylic oxidation sites excluding steroid dienone is 1. The van der Waals surface area contributed by atoms with Crippen LogP contribution in [0.15, 0.2) is 60.7 Å². The Balaban J connectivity index is 1.53. The van der Waals surface area contributed by atoms with Crippen LogP contribution in [-0.4, -0.2) is 64.6 Å². The number of likely N-dealkylation sites (tertiary alicyclic amines) is 1. The number of nitrogens with zero attached hydrogens (tertiary/aromatic N) is 1. The first-order valence-electron chi connectivity index (χ1n) is 19.2. The highest BCUT2D eigenvalue weighted by Crippen LogP contribution is 2.48. The normalized spacial score (nSPS) is 17.1. The SMILES string of the molecule is CC(C)(C)[Si](C)(C)Oc1ccc(C2=C(C(O)c3ccc(OCCN4CCCCC4)cc3)c3ccc(O[Si](C)(C)C(C)(C)C)cc3OCCC2)c(O)c1. The summed E-state index contributed by atoms with van der Waals surface area (Å²) in [6, 6.07) is 19.4. The van der Waals surface area contributed by atoms with Gasteiger partial charge in [-0.15, -0.1) is 0 Å². The summed E-state index contributed by atoms with van der Waals surface area (Å²) >= 11 is 0. The van der Waals surface area contributed by atoms with Crippen LogP contribution in [0.5, 0.6) is 28.7 Å². The lowest BCUT2D eigenvalue weighted by molar-refractivity contribution is 0.183. The van der Waals surface area contributed by atoms with Crippen molar-refractivity contribution in [3.05, 3.63) is 77.4 Å². The van der Waals surface area contributed by atoms with Crippen LogP contribution in [0.4, 0.5) is 0 Å². The number of hydrogen-bond acceptors (Lipinski definition) is 7. The standard InChI is InChI=1S/C43H63NO6Si2/c1-42(2,3)51(7,8)49-33-20-22-35(38(45)29-33)36-15-14-27-48-39-30-34(50-52(9,10)43(4,5)6)21-23-37(39)40(36)41(46)31-16-18-32(19-17-31)47-28-26-44-24-12-11-13-25-44/h16-23,29-30,41,45-46H,11-15,24-28H2,1-10H3. The van der Waals surface area contributed by atoms with Crippen molar-refractivity contribution in [2.75, 3.05) is 32.8 Å². The second-order valence-corrected chi connectivity index (χ2v) is 27.1. The van der Waals surface area contributed by atoms with Gasteiger partial charge in [-0.25, -0.2) is 0 Å². The van der Waals surface area contributed by atoms with Gasteiger partial charge >= 0.3 is 0 Å². The smallest absolute Gasteiger partial charge is 0.250 e. The number of phenolic OH excluding ortho intramolecular Hbond substituents is 1. The molecule has 2 aliphatic rings. The predicted molar refractivity (Wildman–Crippen MR) is 219 cm³/mol. The summed E-state index contributed by atoms with van der Waals surface area (Å²) in [5.74, 6) is 3.01. The van der Waals surface area contributed by atoms with Crippen LogP contribution in [0.3, 0.4) is 0 Å². The molecule has 1 saturated heterocycles. The topological polar surface area (TPSA) is 80.6 Å². The van der Waals surface area contributed by atoms with Crippen LogP contribution in [0, 0.1) is 0 Å². The molecule has 52 heavy (non-hydrogen) atoms. The van der Waals surface area contributed by atoms with Crippen molar-refractivity contribution in [1.82, 2.24) is 4.90 Å². The molecule has 0 aliphatic carbocycles. The maximum atomic E-state index is 12.3. The van der Waals surface area contributed by atoms with E-state index in [9.17, 15) is 10.2 Å². The number of piperidine rings is 1. The van der Waals surface area contributed by atoms with Gasteiger partial charge in [0.1, 0.15) is 41.5 Å². The molecule has 0 bridgehead atoms. The van der Waals surface area contributed by atoms with Crippen molar-refractivity contribution >= 4 is 27.8 Å². The Morgan fingerprint density at radius 1 is 0.731 bits per heavy atom. The van der Waals surface area contributed by atoms with E-state index in [0.29, 0.717) is 48.7 Å². The molecule has 3 aromatic carbocycles. The largest absolute Gasteiger partial charge is 0.543 e. The monoisotopic (exact) mass is 745 g/mol. The average Bonchev–Trinajstić information content (AvgIpc) is 3.05. The van der Waals surface area contributed by atoms with E-state index < -0.39 is 22.7 Å². The quantitative estimate of drug-likeness (QED) is 0.189. The predicted octanol–water partition coefficient (Wildman–Crippen LogP) is 10.8. The number of aliphatic hydroxyl groups excluding tert-OH is 1. The molecule has 7 nitrogen and oxygen atoms in total. The van der Waals surface area contributed by atoms with Gasteiger partial charge in [0.2, 0.25) is 16.6 Å². The van der Waals surface area contributed by atoms with E-state index in [1.54, 1.807) is 6.07 Å². The van der Waals surface area contributed by atoms with E-state index in [1.165, 1.54) is 19.3 Å². The minimum Gasteiger partial charge on any atom is -0.543 e. The van der Waals surface area contributed by atoms with Gasteiger partial charge in [0.25, 0.3) is 0 Å². The highest BCUT2D eigenvalue weighted by molar-refractivity contribution is 6.75. The molecule has 1 atom stereocenters. The van der Waals surface area contributed by atoms with Gasteiger partial charge in [-0.1, -0.05) is 60.1 Å². The van der Waals surface area contributed by atoms with Crippen molar-refractivity contribution in [1.29, 1.82) is 0 Å². The second kappa shape index (κ2) is 16.0. The molecule has 9 heteroatoms. The van der Waals surface area contributed by atoms with E-state index in [0.717, 1.165) is 47.8 Å². The number of hydrogen-bond donors (Lipinski definition) is 2. The lowest BCUT2D eigenvalue weighted by atomic mass is 9.84. The zero-order valence-electron chi connectivity index (χ0n) is 33.4. The summed E-state index contributed by atoms with van der Waals surface area (Å²) in [4.78, 5) is 2.47. The molecule has 3 aromatic rings. The summed E-state index contributed by atoms with van der Waals surface area (Å²) in [7, 11) is -4.23. The van der Waals surface area contributed by atoms with Gasteiger partial charge < -0.3 is 28.5 Å². The minimum absolute atomic E-state index is 0.0192. The van der Waals surface area contributed by atoms with Gasteiger partial charge in [0, 0.05) is 29.8 Å². The minimum atomic E-state index is -2.12. The fourth-order valence-corrected chi connectivity index (χ4v) is 8.39. The van der Waals surface area contributed by atoms with Crippen molar-refractivity contribution in [2.24, 2.45) is 0 Å². The van der Waals surface area contributed by atoms with Gasteiger partial charge in [0.05, 0.1) is 6.61 Å². The third-order valence-electron chi connectivity index (χ3n) is 11.6. The molecular formula is C43H63NO6Si2. The molecular weight excluding hydrogens is 683 g/mol. The number of rotatable bonds is 11. The van der Waals surface area contributed by atoms with E-state index in [1.807, 2.05) is 54.6 Å². The van der Waals surface area contributed by atoms with Crippen LogP contribution >= 0.6 is 0 Å². The molecule has 2 aliphatic heterocycles.